The Kier molecular flexibility index (Phi) is 11.9. The zero-order valence-electron chi connectivity index (χ0n) is 27.6. The van der Waals surface area contributed by atoms with Gasteiger partial charge in [0.25, 0.3) is 11.8 Å². The van der Waals surface area contributed by atoms with Crippen molar-refractivity contribution >= 4 is 23.6 Å². The molecule has 0 bridgehead atoms. The van der Waals surface area contributed by atoms with Gasteiger partial charge in [0.1, 0.15) is 11.8 Å². The number of aromatic hydroxyl groups is 1. The van der Waals surface area contributed by atoms with Gasteiger partial charge in [0.05, 0.1) is 35.6 Å². The monoisotopic (exact) mass is 671 g/mol. The zero-order chi connectivity index (χ0) is 35.5. The molecule has 10 heteroatoms. The largest absolute Gasteiger partial charge is 0.530 e. The molecule has 0 saturated heterocycles. The Morgan fingerprint density at radius 1 is 0.740 bits per heavy atom. The minimum atomic E-state index is -1.49. The molecule has 10 nitrogen and oxygen atoms in total. The number of carboxylic acid groups (broad SMARTS) is 1. The SMILES string of the molecule is Cc1c(O)cccc1C(=O)N[C@@H](Cc1ccccc1)[C@@H](O)C[C@H](Cc1ccccc1)NC(=O)c1ccccc1N(Cc1ccccn1)C(=O)[O-]. The number of aliphatic hydroxyl groups is 1. The first-order valence-electron chi connectivity index (χ1n) is 16.3. The molecule has 0 unspecified atom stereocenters. The Hall–Kier alpha value is -6.00. The minimum absolute atomic E-state index is 0.0130. The van der Waals surface area contributed by atoms with Gasteiger partial charge in [-0.1, -0.05) is 84.9 Å². The number of phenols is 1. The van der Waals surface area contributed by atoms with Crippen LogP contribution in [0.4, 0.5) is 10.5 Å². The molecule has 4 N–H and O–H groups in total. The predicted molar refractivity (Wildman–Crippen MR) is 189 cm³/mol. The maximum absolute atomic E-state index is 14.0. The molecule has 5 aromatic rings. The molecule has 0 aliphatic heterocycles. The molecule has 0 fully saturated rings. The molecule has 0 aliphatic rings. The topological polar surface area (TPSA) is 155 Å². The second kappa shape index (κ2) is 16.9. The van der Waals surface area contributed by atoms with E-state index in [1.807, 2.05) is 60.7 Å². The third kappa shape index (κ3) is 9.33. The van der Waals surface area contributed by atoms with Crippen molar-refractivity contribution in [1.82, 2.24) is 15.6 Å². The van der Waals surface area contributed by atoms with Crippen LogP contribution in [0.15, 0.2) is 128 Å². The first kappa shape index (κ1) is 35.3. The van der Waals surface area contributed by atoms with Crippen LogP contribution in [-0.4, -0.2) is 51.3 Å². The summed E-state index contributed by atoms with van der Waals surface area (Å²) in [5.74, 6) is -1.01. The van der Waals surface area contributed by atoms with Crippen molar-refractivity contribution in [3.05, 3.63) is 161 Å². The van der Waals surface area contributed by atoms with Gasteiger partial charge in [-0.05, 0) is 73.7 Å². The minimum Gasteiger partial charge on any atom is -0.530 e. The van der Waals surface area contributed by atoms with E-state index in [4.69, 9.17) is 0 Å². The maximum atomic E-state index is 14.0. The molecular formula is C40H39N4O6-. The van der Waals surface area contributed by atoms with Crippen LogP contribution in [0.5, 0.6) is 5.75 Å². The van der Waals surface area contributed by atoms with Crippen molar-refractivity contribution in [2.45, 2.75) is 50.9 Å². The fraction of sp³-hybridized carbons (Fsp3) is 0.200. The number of pyridine rings is 1. The van der Waals surface area contributed by atoms with E-state index < -0.39 is 36.1 Å². The number of para-hydroxylation sites is 1. The van der Waals surface area contributed by atoms with Crippen LogP contribution in [0.2, 0.25) is 0 Å². The molecule has 5 rings (SSSR count). The molecule has 0 radical (unpaired) electrons. The van der Waals surface area contributed by atoms with Crippen molar-refractivity contribution in [2.75, 3.05) is 4.90 Å². The van der Waals surface area contributed by atoms with Gasteiger partial charge in [0.15, 0.2) is 0 Å². The number of anilines is 1. The first-order chi connectivity index (χ1) is 24.2. The fourth-order valence-electron chi connectivity index (χ4n) is 5.88. The van der Waals surface area contributed by atoms with Gasteiger partial charge in [0.2, 0.25) is 0 Å². The number of nitrogens with zero attached hydrogens (tertiary/aromatic N) is 2. The van der Waals surface area contributed by atoms with E-state index >= 15 is 0 Å². The van der Waals surface area contributed by atoms with Crippen molar-refractivity contribution in [3.8, 4) is 5.75 Å². The van der Waals surface area contributed by atoms with Crippen LogP contribution in [0.25, 0.3) is 0 Å². The molecule has 0 saturated carbocycles. The number of benzene rings is 4. The molecule has 1 aromatic heterocycles. The summed E-state index contributed by atoms with van der Waals surface area (Å²) >= 11 is 0. The first-order valence-corrected chi connectivity index (χ1v) is 16.3. The molecule has 0 aliphatic carbocycles. The number of hydrogen-bond acceptors (Lipinski definition) is 7. The molecule has 50 heavy (non-hydrogen) atoms. The average Bonchev–Trinajstić information content (AvgIpc) is 3.12. The Morgan fingerprint density at radius 3 is 2.00 bits per heavy atom. The lowest BCUT2D eigenvalue weighted by atomic mass is 9.93. The van der Waals surface area contributed by atoms with Crippen molar-refractivity contribution in [3.63, 3.8) is 0 Å². The maximum Gasteiger partial charge on any atom is 0.253 e. The van der Waals surface area contributed by atoms with E-state index in [0.29, 0.717) is 24.1 Å². The highest BCUT2D eigenvalue weighted by molar-refractivity contribution is 6.03. The van der Waals surface area contributed by atoms with Crippen LogP contribution in [0.3, 0.4) is 0 Å². The summed E-state index contributed by atoms with van der Waals surface area (Å²) in [5.41, 5.74) is 3.20. The summed E-state index contributed by atoms with van der Waals surface area (Å²) in [7, 11) is 0. The normalized spacial score (nSPS) is 12.7. The fourth-order valence-corrected chi connectivity index (χ4v) is 5.88. The van der Waals surface area contributed by atoms with E-state index in [9.17, 15) is 29.7 Å². The van der Waals surface area contributed by atoms with Crippen molar-refractivity contribution in [1.29, 1.82) is 0 Å². The lowest BCUT2D eigenvalue weighted by Crippen LogP contribution is -2.49. The highest BCUT2D eigenvalue weighted by atomic mass is 16.4. The number of carbonyl (C=O) groups excluding carboxylic acids is 3. The molecular weight excluding hydrogens is 632 g/mol. The van der Waals surface area contributed by atoms with Gasteiger partial charge < -0.3 is 35.6 Å². The van der Waals surface area contributed by atoms with Crippen LogP contribution >= 0.6 is 0 Å². The van der Waals surface area contributed by atoms with Crippen LogP contribution < -0.4 is 20.6 Å². The Morgan fingerprint density at radius 2 is 1.34 bits per heavy atom. The smallest absolute Gasteiger partial charge is 0.253 e. The number of amides is 3. The number of nitrogens with one attached hydrogen (secondary N) is 2. The Bertz CT molecular complexity index is 1890. The summed E-state index contributed by atoms with van der Waals surface area (Å²) in [6.45, 7) is 1.52. The van der Waals surface area contributed by atoms with Crippen molar-refractivity contribution in [2.24, 2.45) is 0 Å². The van der Waals surface area contributed by atoms with Gasteiger partial charge in [-0.15, -0.1) is 0 Å². The van der Waals surface area contributed by atoms with E-state index in [0.717, 1.165) is 16.0 Å². The lowest BCUT2D eigenvalue weighted by molar-refractivity contribution is -0.246. The summed E-state index contributed by atoms with van der Waals surface area (Å²) in [6, 6.07) is 33.7. The second-order valence-electron chi connectivity index (χ2n) is 12.1. The summed E-state index contributed by atoms with van der Waals surface area (Å²) in [6.07, 6.45) is -0.355. The van der Waals surface area contributed by atoms with Crippen LogP contribution in [-0.2, 0) is 19.4 Å². The number of rotatable bonds is 14. The lowest BCUT2D eigenvalue weighted by Gasteiger charge is -2.30. The predicted octanol–water partition coefficient (Wildman–Crippen LogP) is 4.58. The number of aliphatic hydroxyl groups excluding tert-OH is 1. The third-order valence-corrected chi connectivity index (χ3v) is 8.52. The Labute approximate surface area is 291 Å². The van der Waals surface area contributed by atoms with Crippen molar-refractivity contribution < 1.29 is 29.7 Å². The quantitative estimate of drug-likeness (QED) is 0.135. The van der Waals surface area contributed by atoms with Gasteiger partial charge in [0, 0.05) is 23.4 Å². The van der Waals surface area contributed by atoms with Crippen LogP contribution in [0.1, 0.15) is 49.5 Å². The van der Waals surface area contributed by atoms with Gasteiger partial charge >= 0.3 is 0 Å². The van der Waals surface area contributed by atoms with E-state index in [2.05, 4.69) is 15.6 Å². The van der Waals surface area contributed by atoms with E-state index in [-0.39, 0.29) is 35.5 Å². The number of hydrogen-bond donors (Lipinski definition) is 4. The number of phenolic OH excluding ortho intramolecular Hbond substituents is 1. The molecule has 1 heterocycles. The number of aromatic nitrogens is 1. The zero-order valence-corrected chi connectivity index (χ0v) is 27.6. The average molecular weight is 672 g/mol. The molecule has 256 valence electrons. The molecule has 3 atom stereocenters. The van der Waals surface area contributed by atoms with Gasteiger partial charge in [-0.2, -0.15) is 0 Å². The van der Waals surface area contributed by atoms with E-state index in [1.54, 1.807) is 55.6 Å². The summed E-state index contributed by atoms with van der Waals surface area (Å²) in [4.78, 5) is 45.0. The molecule has 3 amide bonds. The molecule has 4 aromatic carbocycles. The third-order valence-electron chi connectivity index (χ3n) is 8.52. The Balaban J connectivity index is 1.42. The van der Waals surface area contributed by atoms with E-state index in [1.165, 1.54) is 18.2 Å². The molecule has 0 spiro atoms. The van der Waals surface area contributed by atoms with Gasteiger partial charge in [-0.3, -0.25) is 14.6 Å². The highest BCUT2D eigenvalue weighted by Gasteiger charge is 2.28. The highest BCUT2D eigenvalue weighted by Crippen LogP contribution is 2.24. The number of carbonyl (C=O) groups is 3. The second-order valence-corrected chi connectivity index (χ2v) is 12.1. The van der Waals surface area contributed by atoms with Gasteiger partial charge in [-0.25, -0.2) is 0 Å². The summed E-state index contributed by atoms with van der Waals surface area (Å²) < 4.78 is 0. The standard InChI is InChI=1S/C40H40N4O6/c1-27-32(19-12-21-36(27)45)38(47)43-34(24-29-15-6-3-7-16-29)37(46)25-31(23-28-13-4-2-5-14-28)42-39(48)33-18-8-9-20-35(33)44(40(49)50)26-30-17-10-11-22-41-30/h2-22,31,34,37,45-46H,23-26H2,1H3,(H,42,48)(H,43,47)(H,49,50)/p-1/t31-,34-,37-/m0/s1. The summed E-state index contributed by atoms with van der Waals surface area (Å²) in [5, 5.41) is 40.3. The van der Waals surface area contributed by atoms with Crippen LogP contribution in [0, 0.1) is 6.92 Å².